The lowest BCUT2D eigenvalue weighted by atomic mass is 10.3. The standard InChI is InChI=1S/C21H17F3N8O3S/c22-21(23,24)20-27-18(30-35-20)15-3-1-13(36-15)12-32(17-11-25-5-6-26-17)16-4-2-14(28-29-16)19(33)31-7-9-34-10-8-31/h1-6,11H,7-10,12H2. The number of anilines is 2. The highest BCUT2D eigenvalue weighted by atomic mass is 32.1. The monoisotopic (exact) mass is 518 g/mol. The van der Waals surface area contributed by atoms with Gasteiger partial charge in [0.05, 0.1) is 30.8 Å². The SMILES string of the molecule is O=C(c1ccc(N(Cc2ccc(-c3noc(C(F)(F)F)n3)s2)c2cnccn2)nn1)N1CCOCC1. The number of rotatable bonds is 6. The Bertz CT molecular complexity index is 1320. The summed E-state index contributed by atoms with van der Waals surface area (Å²) in [5, 5.41) is 11.8. The molecule has 1 aliphatic heterocycles. The highest BCUT2D eigenvalue weighted by Crippen LogP contribution is 2.33. The van der Waals surface area contributed by atoms with Crippen molar-refractivity contribution in [2.24, 2.45) is 0 Å². The minimum atomic E-state index is -4.72. The van der Waals surface area contributed by atoms with Gasteiger partial charge in [-0.05, 0) is 24.3 Å². The predicted molar refractivity (Wildman–Crippen MR) is 119 cm³/mol. The van der Waals surface area contributed by atoms with Crippen LogP contribution in [0.3, 0.4) is 0 Å². The molecule has 0 N–H and O–H groups in total. The van der Waals surface area contributed by atoms with E-state index in [0.29, 0.717) is 42.8 Å². The number of morpholine rings is 1. The summed E-state index contributed by atoms with van der Waals surface area (Å²) >= 11 is 1.19. The third-order valence-corrected chi connectivity index (χ3v) is 6.20. The zero-order chi connectivity index (χ0) is 25.1. The molecule has 1 saturated heterocycles. The van der Waals surface area contributed by atoms with Crippen molar-refractivity contribution in [3.63, 3.8) is 0 Å². The molecule has 4 aromatic heterocycles. The fraction of sp³-hybridized carbons (Fsp3) is 0.286. The number of carbonyl (C=O) groups is 1. The van der Waals surface area contributed by atoms with Crippen LogP contribution in [0.1, 0.15) is 21.3 Å². The van der Waals surface area contributed by atoms with Crippen molar-refractivity contribution in [3.05, 3.63) is 59.3 Å². The number of thiophene rings is 1. The maximum absolute atomic E-state index is 12.8. The molecule has 11 nitrogen and oxygen atoms in total. The molecule has 15 heteroatoms. The van der Waals surface area contributed by atoms with Crippen molar-refractivity contribution in [1.82, 2.24) is 35.2 Å². The highest BCUT2D eigenvalue weighted by molar-refractivity contribution is 7.15. The highest BCUT2D eigenvalue weighted by Gasteiger charge is 2.38. The number of aromatic nitrogens is 6. The van der Waals surface area contributed by atoms with Gasteiger partial charge in [-0.15, -0.1) is 21.5 Å². The van der Waals surface area contributed by atoms with E-state index in [2.05, 4.69) is 34.8 Å². The summed E-state index contributed by atoms with van der Waals surface area (Å²) in [6.07, 6.45) is -0.140. The molecule has 0 aromatic carbocycles. The molecule has 0 radical (unpaired) electrons. The number of alkyl halides is 3. The summed E-state index contributed by atoms with van der Waals surface area (Å²) in [5.74, 6) is -0.925. The third-order valence-electron chi connectivity index (χ3n) is 5.14. The smallest absolute Gasteiger partial charge is 0.378 e. The van der Waals surface area contributed by atoms with Gasteiger partial charge in [-0.25, -0.2) is 4.98 Å². The Morgan fingerprint density at radius 3 is 2.58 bits per heavy atom. The molecule has 186 valence electrons. The van der Waals surface area contributed by atoms with Crippen LogP contribution in [0.4, 0.5) is 24.8 Å². The molecule has 0 aliphatic carbocycles. The van der Waals surface area contributed by atoms with E-state index in [1.807, 2.05) is 0 Å². The van der Waals surface area contributed by atoms with Crippen molar-refractivity contribution >= 4 is 28.9 Å². The van der Waals surface area contributed by atoms with E-state index >= 15 is 0 Å². The summed E-state index contributed by atoms with van der Waals surface area (Å²) in [6.45, 7) is 2.17. The molecule has 0 spiro atoms. The lowest BCUT2D eigenvalue weighted by Gasteiger charge is -2.26. The maximum atomic E-state index is 12.8. The Balaban J connectivity index is 1.38. The van der Waals surface area contributed by atoms with Crippen LogP contribution in [0, 0.1) is 0 Å². The number of hydrogen-bond donors (Lipinski definition) is 0. The Morgan fingerprint density at radius 2 is 1.92 bits per heavy atom. The number of nitrogens with zero attached hydrogens (tertiary/aromatic N) is 8. The molecule has 0 bridgehead atoms. The average molecular weight is 518 g/mol. The fourth-order valence-corrected chi connectivity index (χ4v) is 4.32. The van der Waals surface area contributed by atoms with Crippen LogP contribution < -0.4 is 4.90 Å². The van der Waals surface area contributed by atoms with Crippen LogP contribution in [-0.4, -0.2) is 67.4 Å². The molecule has 0 unspecified atom stereocenters. The molecule has 5 rings (SSSR count). The molecule has 4 aromatic rings. The van der Waals surface area contributed by atoms with Crippen molar-refractivity contribution in [3.8, 4) is 10.7 Å². The van der Waals surface area contributed by atoms with E-state index in [1.165, 1.54) is 29.9 Å². The van der Waals surface area contributed by atoms with E-state index in [1.54, 1.807) is 34.1 Å². The Hall–Kier alpha value is -3.98. The second-order valence-corrected chi connectivity index (χ2v) is 8.69. The molecule has 36 heavy (non-hydrogen) atoms. The van der Waals surface area contributed by atoms with Crippen molar-refractivity contribution in [1.29, 1.82) is 0 Å². The largest absolute Gasteiger partial charge is 0.471 e. The topological polar surface area (TPSA) is 123 Å². The van der Waals surface area contributed by atoms with Crippen LogP contribution in [0.25, 0.3) is 10.7 Å². The average Bonchev–Trinajstić information content (AvgIpc) is 3.58. The summed E-state index contributed by atoms with van der Waals surface area (Å²) in [6, 6.07) is 6.58. The van der Waals surface area contributed by atoms with Crippen LogP contribution in [0.15, 0.2) is 47.4 Å². The first kappa shape index (κ1) is 23.7. The minimum Gasteiger partial charge on any atom is -0.378 e. The van der Waals surface area contributed by atoms with Gasteiger partial charge in [-0.2, -0.15) is 18.2 Å². The predicted octanol–water partition coefficient (Wildman–Crippen LogP) is 3.21. The Kier molecular flexibility index (Phi) is 6.56. The maximum Gasteiger partial charge on any atom is 0.471 e. The summed E-state index contributed by atoms with van der Waals surface area (Å²) in [5.41, 5.74) is 0.204. The first-order valence-corrected chi connectivity index (χ1v) is 11.4. The van der Waals surface area contributed by atoms with Gasteiger partial charge in [0.2, 0.25) is 5.82 Å². The van der Waals surface area contributed by atoms with E-state index < -0.39 is 12.1 Å². The van der Waals surface area contributed by atoms with Gasteiger partial charge in [0.1, 0.15) is 0 Å². The van der Waals surface area contributed by atoms with Gasteiger partial charge < -0.3 is 19.1 Å². The lowest BCUT2D eigenvalue weighted by molar-refractivity contribution is -0.159. The molecule has 0 saturated carbocycles. The second-order valence-electron chi connectivity index (χ2n) is 7.52. The van der Waals surface area contributed by atoms with Gasteiger partial charge in [0, 0.05) is 30.4 Å². The quantitative estimate of drug-likeness (QED) is 0.376. The third kappa shape index (κ3) is 5.16. The van der Waals surface area contributed by atoms with Crippen molar-refractivity contribution in [2.75, 3.05) is 31.2 Å². The summed E-state index contributed by atoms with van der Waals surface area (Å²) < 4.78 is 48.0. The number of ether oxygens (including phenoxy) is 1. The van der Waals surface area contributed by atoms with Gasteiger partial charge in [0.15, 0.2) is 17.3 Å². The number of carbonyl (C=O) groups excluding carboxylic acids is 1. The van der Waals surface area contributed by atoms with E-state index in [0.717, 1.165) is 4.88 Å². The first-order chi connectivity index (χ1) is 17.4. The molecule has 1 fully saturated rings. The van der Waals surface area contributed by atoms with Crippen LogP contribution in [-0.2, 0) is 17.5 Å². The summed E-state index contributed by atoms with van der Waals surface area (Å²) in [7, 11) is 0. The zero-order valence-electron chi connectivity index (χ0n) is 18.4. The molecular weight excluding hydrogens is 501 g/mol. The Labute approximate surface area is 205 Å². The van der Waals surface area contributed by atoms with Crippen LogP contribution in [0.2, 0.25) is 0 Å². The number of halogens is 3. The normalized spacial score (nSPS) is 14.1. The summed E-state index contributed by atoms with van der Waals surface area (Å²) in [4.78, 5) is 29.1. The van der Waals surface area contributed by atoms with Gasteiger partial charge in [0.25, 0.3) is 5.91 Å². The fourth-order valence-electron chi connectivity index (χ4n) is 3.40. The molecule has 1 aliphatic rings. The number of amides is 1. The zero-order valence-corrected chi connectivity index (χ0v) is 19.2. The van der Waals surface area contributed by atoms with E-state index in [9.17, 15) is 18.0 Å². The number of hydrogen-bond acceptors (Lipinski definition) is 11. The molecular formula is C21H17F3N8O3S. The van der Waals surface area contributed by atoms with Gasteiger partial charge in [-0.1, -0.05) is 5.16 Å². The molecule has 5 heterocycles. The second kappa shape index (κ2) is 9.94. The molecule has 0 atom stereocenters. The first-order valence-electron chi connectivity index (χ1n) is 10.6. The Morgan fingerprint density at radius 1 is 1.08 bits per heavy atom. The van der Waals surface area contributed by atoms with Crippen molar-refractivity contribution in [2.45, 2.75) is 12.7 Å². The van der Waals surface area contributed by atoms with Gasteiger partial charge in [-0.3, -0.25) is 9.78 Å². The lowest BCUT2D eigenvalue weighted by Crippen LogP contribution is -2.41. The van der Waals surface area contributed by atoms with E-state index in [4.69, 9.17) is 4.74 Å². The minimum absolute atomic E-state index is 0.157. The van der Waals surface area contributed by atoms with Crippen molar-refractivity contribution < 1.29 is 27.2 Å². The van der Waals surface area contributed by atoms with E-state index in [-0.39, 0.29) is 24.0 Å². The van der Waals surface area contributed by atoms with Crippen LogP contribution >= 0.6 is 11.3 Å². The molecule has 1 amide bonds. The van der Waals surface area contributed by atoms with Gasteiger partial charge >= 0.3 is 12.1 Å². The van der Waals surface area contributed by atoms with Crippen LogP contribution in [0.5, 0.6) is 0 Å².